The standard InChI is InChI=1S/C23H21N3.C18H21NS.C7H8N2O/c1-17(2)22-24-25-23(19-12-7-4-8-13-19)26(22)21-15-9-14-20(16-21)18-10-5-3-6-11-18;1-4-20-18(14(2)3)19-17-12-8-11-16(13-17)15-9-6-5-7-10-15;8-9-7(10)6-4-2-1-3-5-6/h3-17H,1-2H3;5-14H,4H2,1-3H3;1-5H,8H2,(H,9,10). The molecule has 0 saturated carbocycles. The molecular formula is C48H50N6OS. The second kappa shape index (κ2) is 21.1. The van der Waals surface area contributed by atoms with Crippen LogP contribution < -0.4 is 11.3 Å². The Balaban J connectivity index is 0.000000177. The van der Waals surface area contributed by atoms with Crippen molar-refractivity contribution in [3.8, 4) is 39.3 Å². The average molecular weight is 759 g/mol. The molecule has 284 valence electrons. The minimum atomic E-state index is -0.263. The lowest BCUT2D eigenvalue weighted by molar-refractivity contribution is 0.0953. The maximum absolute atomic E-state index is 10.8. The van der Waals surface area contributed by atoms with Crippen LogP contribution in [0.1, 0.15) is 56.7 Å². The SMILES string of the molecule is CC(C)c1nnc(-c2ccccc2)n1-c1cccc(-c2ccccc2)c1.CCSC(=Nc1cccc(-c2ccccc2)c1)C(C)C.NNC(=O)c1ccccc1. The second-order valence-corrected chi connectivity index (χ2v) is 14.7. The summed E-state index contributed by atoms with van der Waals surface area (Å²) in [5.41, 5.74) is 10.6. The first-order valence-corrected chi connectivity index (χ1v) is 19.9. The van der Waals surface area contributed by atoms with E-state index in [1.807, 2.05) is 53.6 Å². The Hall–Kier alpha value is -6.09. The molecule has 0 aliphatic heterocycles. The van der Waals surface area contributed by atoms with Gasteiger partial charge < -0.3 is 0 Å². The highest BCUT2D eigenvalue weighted by Gasteiger charge is 2.18. The van der Waals surface area contributed by atoms with Crippen molar-refractivity contribution in [2.75, 3.05) is 5.75 Å². The first-order chi connectivity index (χ1) is 27.3. The van der Waals surface area contributed by atoms with E-state index in [9.17, 15) is 4.79 Å². The predicted octanol–water partition coefficient (Wildman–Crippen LogP) is 11.8. The maximum Gasteiger partial charge on any atom is 0.265 e. The number of carbonyl (C=O) groups is 1. The van der Waals surface area contributed by atoms with Crippen molar-refractivity contribution in [2.24, 2.45) is 16.8 Å². The van der Waals surface area contributed by atoms with E-state index in [1.165, 1.54) is 27.3 Å². The topological polar surface area (TPSA) is 98.2 Å². The summed E-state index contributed by atoms with van der Waals surface area (Å²) in [6.07, 6.45) is 0. The van der Waals surface area contributed by atoms with E-state index in [4.69, 9.17) is 10.8 Å². The molecule has 0 radical (unpaired) electrons. The largest absolute Gasteiger partial charge is 0.290 e. The Kier molecular flexibility index (Phi) is 15.5. The zero-order valence-corrected chi connectivity index (χ0v) is 33.5. The number of hydrogen-bond acceptors (Lipinski definition) is 6. The van der Waals surface area contributed by atoms with Gasteiger partial charge in [-0.1, -0.05) is 168 Å². The molecule has 1 aromatic heterocycles. The van der Waals surface area contributed by atoms with Crippen molar-refractivity contribution in [1.29, 1.82) is 0 Å². The fourth-order valence-electron chi connectivity index (χ4n) is 5.82. The van der Waals surface area contributed by atoms with Crippen LogP contribution in [0, 0.1) is 5.92 Å². The summed E-state index contributed by atoms with van der Waals surface area (Å²) in [6, 6.07) is 56.9. The van der Waals surface area contributed by atoms with Gasteiger partial charge in [0.15, 0.2) is 5.82 Å². The number of nitrogens with one attached hydrogen (secondary N) is 1. The molecule has 0 fully saturated rings. The van der Waals surface area contributed by atoms with Crippen LogP contribution in [-0.4, -0.2) is 31.5 Å². The van der Waals surface area contributed by atoms with Gasteiger partial charge in [-0.25, -0.2) is 10.8 Å². The summed E-state index contributed by atoms with van der Waals surface area (Å²) in [6.45, 7) is 10.9. The highest BCUT2D eigenvalue weighted by Crippen LogP contribution is 2.29. The van der Waals surface area contributed by atoms with Gasteiger partial charge in [0.05, 0.1) is 10.7 Å². The molecule has 6 aromatic carbocycles. The van der Waals surface area contributed by atoms with Gasteiger partial charge in [-0.2, -0.15) is 0 Å². The third-order valence-corrected chi connectivity index (χ3v) is 9.74. The van der Waals surface area contributed by atoms with Crippen LogP contribution in [-0.2, 0) is 0 Å². The van der Waals surface area contributed by atoms with E-state index in [-0.39, 0.29) is 11.8 Å². The number of hydrogen-bond donors (Lipinski definition) is 2. The van der Waals surface area contributed by atoms with Gasteiger partial charge >= 0.3 is 0 Å². The van der Waals surface area contributed by atoms with E-state index in [0.29, 0.717) is 11.5 Å². The summed E-state index contributed by atoms with van der Waals surface area (Å²) in [4.78, 5) is 15.6. The molecular weight excluding hydrogens is 709 g/mol. The van der Waals surface area contributed by atoms with Crippen LogP contribution in [0.2, 0.25) is 0 Å². The molecule has 7 nitrogen and oxygen atoms in total. The van der Waals surface area contributed by atoms with Crippen molar-refractivity contribution in [2.45, 2.75) is 40.5 Å². The maximum atomic E-state index is 10.8. The van der Waals surface area contributed by atoms with Crippen molar-refractivity contribution >= 4 is 28.4 Å². The number of nitrogen functional groups attached to an aromatic ring is 1. The minimum absolute atomic E-state index is 0.263. The Bertz CT molecular complexity index is 2270. The van der Waals surface area contributed by atoms with Gasteiger partial charge in [0.25, 0.3) is 5.91 Å². The first kappa shape index (κ1) is 41.1. The number of hydrazine groups is 1. The van der Waals surface area contributed by atoms with Crippen molar-refractivity contribution in [1.82, 2.24) is 20.2 Å². The highest BCUT2D eigenvalue weighted by molar-refractivity contribution is 8.13. The summed E-state index contributed by atoms with van der Waals surface area (Å²) in [5.74, 6) is 8.30. The summed E-state index contributed by atoms with van der Waals surface area (Å²) >= 11 is 1.83. The zero-order valence-electron chi connectivity index (χ0n) is 32.7. The normalized spacial score (nSPS) is 11.0. The van der Waals surface area contributed by atoms with Gasteiger partial charge in [0, 0.05) is 28.7 Å². The summed E-state index contributed by atoms with van der Waals surface area (Å²) in [5, 5.41) is 10.2. The van der Waals surface area contributed by atoms with Gasteiger partial charge in [-0.3, -0.25) is 14.8 Å². The van der Waals surface area contributed by atoms with E-state index >= 15 is 0 Å². The van der Waals surface area contributed by atoms with Crippen LogP contribution in [0.5, 0.6) is 0 Å². The molecule has 0 saturated heterocycles. The van der Waals surface area contributed by atoms with E-state index in [0.717, 1.165) is 34.3 Å². The Morgan fingerprint density at radius 3 is 1.66 bits per heavy atom. The molecule has 0 unspecified atom stereocenters. The van der Waals surface area contributed by atoms with Crippen LogP contribution in [0.3, 0.4) is 0 Å². The third-order valence-electron chi connectivity index (χ3n) is 8.59. The van der Waals surface area contributed by atoms with E-state index in [1.54, 1.807) is 24.3 Å². The molecule has 1 amide bonds. The Morgan fingerprint density at radius 1 is 0.643 bits per heavy atom. The molecule has 56 heavy (non-hydrogen) atoms. The number of benzene rings is 6. The smallest absolute Gasteiger partial charge is 0.265 e. The molecule has 0 bridgehead atoms. The number of thioether (sulfide) groups is 1. The summed E-state index contributed by atoms with van der Waals surface area (Å²) < 4.78 is 2.17. The van der Waals surface area contributed by atoms with Gasteiger partial charge in [0.1, 0.15) is 5.82 Å². The summed E-state index contributed by atoms with van der Waals surface area (Å²) in [7, 11) is 0. The fourth-order valence-corrected chi connectivity index (χ4v) is 6.61. The van der Waals surface area contributed by atoms with Crippen molar-refractivity contribution < 1.29 is 4.79 Å². The predicted molar refractivity (Wildman–Crippen MR) is 236 cm³/mol. The lowest BCUT2D eigenvalue weighted by Gasteiger charge is -2.14. The zero-order chi connectivity index (χ0) is 39.7. The van der Waals surface area contributed by atoms with Crippen LogP contribution in [0.4, 0.5) is 5.69 Å². The molecule has 1 heterocycles. The lowest BCUT2D eigenvalue weighted by Crippen LogP contribution is -2.29. The number of aromatic nitrogens is 3. The number of nitrogens with two attached hydrogens (primary N) is 1. The Morgan fingerprint density at radius 2 is 1.14 bits per heavy atom. The number of aliphatic imine (C=N–C) groups is 1. The van der Waals surface area contributed by atoms with Crippen LogP contribution in [0.15, 0.2) is 175 Å². The molecule has 7 rings (SSSR count). The molecule has 0 aliphatic rings. The lowest BCUT2D eigenvalue weighted by atomic mass is 10.0. The quantitative estimate of drug-likeness (QED) is 0.0502. The molecule has 8 heteroatoms. The van der Waals surface area contributed by atoms with Gasteiger partial charge in [-0.05, 0) is 64.4 Å². The average Bonchev–Trinajstić information content (AvgIpc) is 3.71. The van der Waals surface area contributed by atoms with Gasteiger partial charge in [0.2, 0.25) is 0 Å². The third kappa shape index (κ3) is 11.5. The van der Waals surface area contributed by atoms with Gasteiger partial charge in [-0.15, -0.1) is 22.0 Å². The van der Waals surface area contributed by atoms with Crippen molar-refractivity contribution in [3.63, 3.8) is 0 Å². The van der Waals surface area contributed by atoms with Crippen LogP contribution in [0.25, 0.3) is 39.3 Å². The second-order valence-electron chi connectivity index (χ2n) is 13.4. The molecule has 0 atom stereocenters. The molecule has 7 aromatic rings. The number of nitrogens with zero attached hydrogens (tertiary/aromatic N) is 4. The minimum Gasteiger partial charge on any atom is -0.290 e. The fraction of sp³-hybridized carbons (Fsp3) is 0.167. The van der Waals surface area contributed by atoms with Crippen molar-refractivity contribution in [3.05, 3.63) is 181 Å². The molecule has 0 aliphatic carbocycles. The number of rotatable bonds is 9. The molecule has 0 spiro atoms. The van der Waals surface area contributed by atoms with Crippen LogP contribution >= 0.6 is 11.8 Å². The Labute approximate surface area is 335 Å². The number of amides is 1. The van der Waals surface area contributed by atoms with E-state index in [2.05, 4.69) is 159 Å². The van der Waals surface area contributed by atoms with E-state index < -0.39 is 0 Å². The molecule has 3 N–H and O–H groups in total. The first-order valence-electron chi connectivity index (χ1n) is 18.9. The number of carbonyl (C=O) groups excluding carboxylic acids is 1. The highest BCUT2D eigenvalue weighted by atomic mass is 32.2. The monoisotopic (exact) mass is 758 g/mol.